The van der Waals surface area contributed by atoms with Crippen molar-refractivity contribution in [3.8, 4) is 22.9 Å². The van der Waals surface area contributed by atoms with Crippen LogP contribution in [0.15, 0.2) is 35.4 Å². The average molecular weight is 260 g/mol. The summed E-state index contributed by atoms with van der Waals surface area (Å²) < 4.78 is 15.9. The first-order valence-electron chi connectivity index (χ1n) is 6.03. The third kappa shape index (κ3) is 2.93. The smallest absolute Gasteiger partial charge is 0.226 e. The molecule has 5 heteroatoms. The topological polar surface area (TPSA) is 57.4 Å². The van der Waals surface area contributed by atoms with Crippen LogP contribution in [0.4, 0.5) is 0 Å². The maximum atomic E-state index is 5.49. The number of methoxy groups -OCH3 is 1. The number of nitrogens with zero attached hydrogens (tertiary/aromatic N) is 2. The predicted octanol–water partition coefficient (Wildman–Crippen LogP) is 2.87. The molecule has 0 saturated carbocycles. The summed E-state index contributed by atoms with van der Waals surface area (Å²) in [5.41, 5.74) is 0.825. The second kappa shape index (κ2) is 6.04. The summed E-state index contributed by atoms with van der Waals surface area (Å²) in [6.45, 7) is 6.00. The fourth-order valence-corrected chi connectivity index (χ4v) is 1.59. The Labute approximate surface area is 111 Å². The molecule has 2 rings (SSSR count). The Hall–Kier alpha value is -2.30. The van der Waals surface area contributed by atoms with Gasteiger partial charge in [0.25, 0.3) is 0 Å². The van der Waals surface area contributed by atoms with Crippen LogP contribution in [0.3, 0.4) is 0 Å². The maximum Gasteiger partial charge on any atom is 0.226 e. The number of ether oxygens (including phenoxy) is 2. The summed E-state index contributed by atoms with van der Waals surface area (Å²) in [4.78, 5) is 4.28. The normalized spacial score (nSPS) is 10.2. The monoisotopic (exact) mass is 260 g/mol. The third-order valence-electron chi connectivity index (χ3n) is 2.55. The predicted molar refractivity (Wildman–Crippen MR) is 71.4 cm³/mol. The van der Waals surface area contributed by atoms with Crippen LogP contribution in [0.5, 0.6) is 11.5 Å². The highest BCUT2D eigenvalue weighted by atomic mass is 16.5. The van der Waals surface area contributed by atoms with Crippen molar-refractivity contribution >= 4 is 0 Å². The minimum absolute atomic E-state index is 0.428. The Morgan fingerprint density at radius 3 is 2.84 bits per heavy atom. The van der Waals surface area contributed by atoms with E-state index in [1.165, 1.54) is 0 Å². The van der Waals surface area contributed by atoms with Gasteiger partial charge in [0, 0.05) is 12.0 Å². The lowest BCUT2D eigenvalue weighted by Crippen LogP contribution is -1.96. The molecular weight excluding hydrogens is 244 g/mol. The van der Waals surface area contributed by atoms with E-state index in [1.807, 2.05) is 25.1 Å². The lowest BCUT2D eigenvalue weighted by molar-refractivity contribution is 0.326. The quantitative estimate of drug-likeness (QED) is 0.747. The highest BCUT2D eigenvalue weighted by Crippen LogP contribution is 2.31. The van der Waals surface area contributed by atoms with E-state index in [0.717, 1.165) is 5.56 Å². The second-order valence-electron chi connectivity index (χ2n) is 3.83. The zero-order valence-electron chi connectivity index (χ0n) is 11.0. The Morgan fingerprint density at radius 2 is 2.21 bits per heavy atom. The number of aryl methyl sites for hydroxylation is 1. The molecule has 0 amide bonds. The molecular formula is C14H16N2O3. The van der Waals surface area contributed by atoms with E-state index in [2.05, 4.69) is 16.7 Å². The van der Waals surface area contributed by atoms with Gasteiger partial charge >= 0.3 is 0 Å². The van der Waals surface area contributed by atoms with Gasteiger partial charge in [0.15, 0.2) is 11.5 Å². The summed E-state index contributed by atoms with van der Waals surface area (Å²) >= 11 is 0. The average Bonchev–Trinajstić information content (AvgIpc) is 2.93. The van der Waals surface area contributed by atoms with Crippen molar-refractivity contribution in [3.05, 3.63) is 36.7 Å². The van der Waals surface area contributed by atoms with Crippen LogP contribution in [0.25, 0.3) is 11.4 Å². The molecule has 0 aliphatic heterocycles. The molecule has 1 aromatic heterocycles. The van der Waals surface area contributed by atoms with Crippen molar-refractivity contribution in [2.45, 2.75) is 13.3 Å². The second-order valence-corrected chi connectivity index (χ2v) is 3.83. The van der Waals surface area contributed by atoms with Gasteiger partial charge in [0.05, 0.1) is 7.11 Å². The minimum atomic E-state index is 0.428. The van der Waals surface area contributed by atoms with Crippen molar-refractivity contribution in [3.63, 3.8) is 0 Å². The van der Waals surface area contributed by atoms with Gasteiger partial charge in [-0.05, 0) is 18.2 Å². The zero-order valence-corrected chi connectivity index (χ0v) is 11.0. The molecule has 2 aromatic rings. The van der Waals surface area contributed by atoms with Gasteiger partial charge in [0.2, 0.25) is 11.7 Å². The van der Waals surface area contributed by atoms with E-state index in [-0.39, 0.29) is 0 Å². The summed E-state index contributed by atoms with van der Waals surface area (Å²) in [6, 6.07) is 5.51. The van der Waals surface area contributed by atoms with Gasteiger partial charge in [0.1, 0.15) is 6.61 Å². The van der Waals surface area contributed by atoms with Crippen LogP contribution in [0.1, 0.15) is 12.8 Å². The highest BCUT2D eigenvalue weighted by Gasteiger charge is 2.11. The minimum Gasteiger partial charge on any atom is -0.493 e. The van der Waals surface area contributed by atoms with E-state index in [1.54, 1.807) is 13.2 Å². The largest absolute Gasteiger partial charge is 0.493 e. The molecule has 1 aromatic carbocycles. The first-order valence-corrected chi connectivity index (χ1v) is 6.03. The third-order valence-corrected chi connectivity index (χ3v) is 2.55. The first-order chi connectivity index (χ1) is 9.28. The first kappa shape index (κ1) is 13.1. The zero-order chi connectivity index (χ0) is 13.7. The molecule has 0 saturated heterocycles. The van der Waals surface area contributed by atoms with Gasteiger partial charge in [-0.3, -0.25) is 0 Å². The Bertz CT molecular complexity index is 564. The maximum absolute atomic E-state index is 5.49. The number of hydrogen-bond acceptors (Lipinski definition) is 5. The molecule has 100 valence electrons. The van der Waals surface area contributed by atoms with E-state index >= 15 is 0 Å². The molecule has 0 fully saturated rings. The lowest BCUT2D eigenvalue weighted by Gasteiger charge is -2.09. The molecule has 0 bridgehead atoms. The fourth-order valence-electron chi connectivity index (χ4n) is 1.59. The molecule has 5 nitrogen and oxygen atoms in total. The molecule has 0 N–H and O–H groups in total. The van der Waals surface area contributed by atoms with Gasteiger partial charge in [-0.15, -0.1) is 0 Å². The van der Waals surface area contributed by atoms with Gasteiger partial charge in [-0.25, -0.2) is 0 Å². The number of rotatable bonds is 6. The van der Waals surface area contributed by atoms with Crippen LogP contribution in [0, 0.1) is 0 Å². The van der Waals surface area contributed by atoms with Crippen molar-refractivity contribution in [2.24, 2.45) is 0 Å². The van der Waals surface area contributed by atoms with Crippen LogP contribution >= 0.6 is 0 Å². The highest BCUT2D eigenvalue weighted by molar-refractivity contribution is 5.60. The van der Waals surface area contributed by atoms with E-state index in [4.69, 9.17) is 14.0 Å². The Kier molecular flexibility index (Phi) is 4.18. The molecule has 0 aliphatic carbocycles. The van der Waals surface area contributed by atoms with Crippen LogP contribution in [-0.2, 0) is 6.42 Å². The summed E-state index contributed by atoms with van der Waals surface area (Å²) in [7, 11) is 1.59. The summed E-state index contributed by atoms with van der Waals surface area (Å²) in [5.74, 6) is 2.44. The molecule has 1 heterocycles. The van der Waals surface area contributed by atoms with Gasteiger partial charge in [-0.1, -0.05) is 24.7 Å². The van der Waals surface area contributed by atoms with Crippen molar-refractivity contribution in [1.82, 2.24) is 10.1 Å². The van der Waals surface area contributed by atoms with Crippen LogP contribution < -0.4 is 9.47 Å². The van der Waals surface area contributed by atoms with Gasteiger partial charge < -0.3 is 14.0 Å². The summed E-state index contributed by atoms with van der Waals surface area (Å²) in [5, 5.41) is 3.93. The van der Waals surface area contributed by atoms with Crippen molar-refractivity contribution < 1.29 is 14.0 Å². The van der Waals surface area contributed by atoms with E-state index < -0.39 is 0 Å². The number of hydrogen-bond donors (Lipinski definition) is 0. The number of aromatic nitrogens is 2. The molecule has 0 radical (unpaired) electrons. The fraction of sp³-hybridized carbons (Fsp3) is 0.286. The SMILES string of the molecule is C=CCOc1ccc(-c2noc(CC)n2)cc1OC. The Balaban J connectivity index is 2.29. The van der Waals surface area contributed by atoms with E-state index in [0.29, 0.717) is 36.2 Å². The van der Waals surface area contributed by atoms with Crippen molar-refractivity contribution in [2.75, 3.05) is 13.7 Å². The van der Waals surface area contributed by atoms with Crippen LogP contribution in [0.2, 0.25) is 0 Å². The van der Waals surface area contributed by atoms with Gasteiger partial charge in [-0.2, -0.15) is 4.98 Å². The Morgan fingerprint density at radius 1 is 1.37 bits per heavy atom. The molecule has 0 aliphatic rings. The molecule has 0 spiro atoms. The van der Waals surface area contributed by atoms with Crippen LogP contribution in [-0.4, -0.2) is 23.9 Å². The van der Waals surface area contributed by atoms with Crippen molar-refractivity contribution in [1.29, 1.82) is 0 Å². The standard InChI is InChI=1S/C14H16N2O3/c1-4-8-18-11-7-6-10(9-12(11)17-3)14-15-13(5-2)19-16-14/h4,6-7,9H,1,5,8H2,2-3H3. The van der Waals surface area contributed by atoms with E-state index in [9.17, 15) is 0 Å². The molecule has 19 heavy (non-hydrogen) atoms. The molecule has 0 atom stereocenters. The summed E-state index contributed by atoms with van der Waals surface area (Å²) in [6.07, 6.45) is 2.39. The molecule has 0 unspecified atom stereocenters. The lowest BCUT2D eigenvalue weighted by atomic mass is 10.2. The number of benzene rings is 1.